The first-order valence-corrected chi connectivity index (χ1v) is 12.0. The van der Waals surface area contributed by atoms with Gasteiger partial charge in [0, 0.05) is 0 Å². The molecule has 2 aromatic carbocycles. The van der Waals surface area contributed by atoms with E-state index in [0.717, 1.165) is 51.4 Å². The van der Waals surface area contributed by atoms with Gasteiger partial charge in [0.1, 0.15) is 0 Å². The second-order valence-electron chi connectivity index (χ2n) is 9.49. The van der Waals surface area contributed by atoms with E-state index < -0.39 is 23.3 Å². The Labute approximate surface area is 188 Å². The quantitative estimate of drug-likeness (QED) is 0.292. The van der Waals surface area contributed by atoms with Crippen LogP contribution in [0.1, 0.15) is 86.8 Å². The molecule has 4 atom stereocenters. The lowest BCUT2D eigenvalue weighted by Gasteiger charge is -2.23. The maximum Gasteiger partial charge on any atom is 0.200 e. The van der Waals surface area contributed by atoms with Crippen LogP contribution >= 0.6 is 0 Å². The second kappa shape index (κ2) is 9.84. The van der Waals surface area contributed by atoms with E-state index in [4.69, 9.17) is 4.74 Å². The van der Waals surface area contributed by atoms with Gasteiger partial charge in [0.05, 0.1) is 6.61 Å². The molecule has 1 nitrogen and oxygen atoms in total. The summed E-state index contributed by atoms with van der Waals surface area (Å²) in [6, 6.07) is 6.53. The minimum absolute atomic E-state index is 0.0289. The molecule has 2 aromatic rings. The summed E-state index contributed by atoms with van der Waals surface area (Å²) in [6.07, 6.45) is 7.13. The summed E-state index contributed by atoms with van der Waals surface area (Å²) in [7, 11) is 0. The Morgan fingerprint density at radius 1 is 0.719 bits per heavy atom. The molecule has 0 amide bonds. The third-order valence-corrected chi connectivity index (χ3v) is 7.64. The zero-order chi connectivity index (χ0) is 22.8. The van der Waals surface area contributed by atoms with Gasteiger partial charge in [0.25, 0.3) is 0 Å². The van der Waals surface area contributed by atoms with Gasteiger partial charge in [0.2, 0.25) is 5.82 Å². The molecule has 2 aliphatic rings. The van der Waals surface area contributed by atoms with Gasteiger partial charge in [-0.2, -0.15) is 4.39 Å². The third kappa shape index (κ3) is 4.27. The van der Waals surface area contributed by atoms with Gasteiger partial charge in [-0.05, 0) is 85.5 Å². The van der Waals surface area contributed by atoms with Crippen LogP contribution in [-0.2, 0) is 0 Å². The van der Waals surface area contributed by atoms with E-state index in [1.807, 2.05) is 0 Å². The highest BCUT2D eigenvalue weighted by molar-refractivity contribution is 5.36. The number of ether oxygens (including phenoxy) is 1. The first-order valence-electron chi connectivity index (χ1n) is 12.0. The van der Waals surface area contributed by atoms with E-state index in [-0.39, 0.29) is 29.4 Å². The van der Waals surface area contributed by atoms with E-state index in [0.29, 0.717) is 23.3 Å². The number of rotatable bonds is 8. The highest BCUT2D eigenvalue weighted by Crippen LogP contribution is 2.58. The predicted octanol–water partition coefficient (Wildman–Crippen LogP) is 8.20. The fraction of sp³-hybridized carbons (Fsp3) is 0.556. The molecule has 4 unspecified atom stereocenters. The number of hydrogen-bond donors (Lipinski definition) is 0. The van der Waals surface area contributed by atoms with Crippen LogP contribution in [0.4, 0.5) is 17.6 Å². The zero-order valence-electron chi connectivity index (χ0n) is 18.9. The molecule has 0 saturated heterocycles. The van der Waals surface area contributed by atoms with Crippen molar-refractivity contribution in [1.82, 2.24) is 0 Å². The second-order valence-corrected chi connectivity index (χ2v) is 9.49. The van der Waals surface area contributed by atoms with Gasteiger partial charge in [0.15, 0.2) is 23.2 Å². The molecule has 2 saturated carbocycles. The number of aryl methyl sites for hydroxylation is 1. The van der Waals surface area contributed by atoms with Gasteiger partial charge >= 0.3 is 0 Å². The summed E-state index contributed by atoms with van der Waals surface area (Å²) in [4.78, 5) is 0. The van der Waals surface area contributed by atoms with Crippen molar-refractivity contribution in [2.24, 2.45) is 11.8 Å². The van der Waals surface area contributed by atoms with Crippen molar-refractivity contribution in [3.8, 4) is 5.75 Å². The molecule has 32 heavy (non-hydrogen) atoms. The highest BCUT2D eigenvalue weighted by Gasteiger charge is 2.47. The number of benzene rings is 2. The van der Waals surface area contributed by atoms with Crippen molar-refractivity contribution in [2.45, 2.75) is 77.0 Å². The lowest BCUT2D eigenvalue weighted by molar-refractivity contribution is 0.283. The van der Waals surface area contributed by atoms with Crippen LogP contribution in [0.2, 0.25) is 0 Å². The van der Waals surface area contributed by atoms with Crippen LogP contribution < -0.4 is 4.74 Å². The molecule has 5 heteroatoms. The van der Waals surface area contributed by atoms with Crippen molar-refractivity contribution in [3.63, 3.8) is 0 Å². The molecular formula is C27H32F4O. The fourth-order valence-corrected chi connectivity index (χ4v) is 5.97. The zero-order valence-corrected chi connectivity index (χ0v) is 18.9. The first-order chi connectivity index (χ1) is 15.4. The molecule has 0 spiro atoms. The molecule has 2 fully saturated rings. The van der Waals surface area contributed by atoms with Crippen molar-refractivity contribution in [1.29, 1.82) is 0 Å². The topological polar surface area (TPSA) is 9.23 Å². The molecule has 4 rings (SSSR count). The van der Waals surface area contributed by atoms with Crippen molar-refractivity contribution < 1.29 is 22.3 Å². The normalized spacial score (nSPS) is 24.7. The van der Waals surface area contributed by atoms with Gasteiger partial charge in [-0.1, -0.05) is 44.4 Å². The van der Waals surface area contributed by atoms with E-state index in [1.165, 1.54) is 0 Å². The molecule has 0 N–H and O–H groups in total. The first kappa shape index (κ1) is 23.1. The molecular weight excluding hydrogens is 416 g/mol. The third-order valence-electron chi connectivity index (χ3n) is 7.64. The SMILES string of the molecule is CCCCCCOc1ccc(C2CCC3C(c4ccc(C)c(F)c4F)CCC23)c(F)c1F. The molecule has 0 heterocycles. The summed E-state index contributed by atoms with van der Waals surface area (Å²) < 4.78 is 64.0. The average Bonchev–Trinajstić information content (AvgIpc) is 3.38. The van der Waals surface area contributed by atoms with Crippen LogP contribution in [0.3, 0.4) is 0 Å². The number of halogens is 4. The lowest BCUT2D eigenvalue weighted by Crippen LogP contribution is -2.14. The molecule has 0 aliphatic heterocycles. The number of hydrogen-bond acceptors (Lipinski definition) is 1. The Morgan fingerprint density at radius 2 is 1.31 bits per heavy atom. The Kier molecular flexibility index (Phi) is 7.11. The summed E-state index contributed by atoms with van der Waals surface area (Å²) in [5.74, 6) is -3.16. The maximum atomic E-state index is 15.0. The molecule has 2 aliphatic carbocycles. The predicted molar refractivity (Wildman–Crippen MR) is 118 cm³/mol. The summed E-state index contributed by atoms with van der Waals surface area (Å²) in [5.41, 5.74) is 1.12. The van der Waals surface area contributed by atoms with Crippen molar-refractivity contribution in [3.05, 3.63) is 64.2 Å². The van der Waals surface area contributed by atoms with E-state index in [1.54, 1.807) is 31.2 Å². The number of unbranched alkanes of at least 4 members (excludes halogenated alkanes) is 3. The van der Waals surface area contributed by atoms with Crippen LogP contribution in [0, 0.1) is 42.0 Å². The largest absolute Gasteiger partial charge is 0.490 e. The van der Waals surface area contributed by atoms with Crippen LogP contribution in [-0.4, -0.2) is 6.61 Å². The van der Waals surface area contributed by atoms with E-state index in [9.17, 15) is 13.2 Å². The van der Waals surface area contributed by atoms with Gasteiger partial charge in [-0.25, -0.2) is 13.2 Å². The van der Waals surface area contributed by atoms with Crippen LogP contribution in [0.25, 0.3) is 0 Å². The molecule has 0 aromatic heterocycles. The van der Waals surface area contributed by atoms with E-state index in [2.05, 4.69) is 6.92 Å². The standard InChI is InChI=1S/C27H32F4O/c1-3-4-5-6-15-32-23-14-13-22(26(30)27(23)31)20-12-10-17-18(20)9-11-19(17)21-8-7-16(2)24(28)25(21)29/h7-8,13-14,17-20H,3-6,9-12,15H2,1-2H3. The van der Waals surface area contributed by atoms with E-state index >= 15 is 4.39 Å². The fourth-order valence-electron chi connectivity index (χ4n) is 5.97. The summed E-state index contributed by atoms with van der Waals surface area (Å²) in [5, 5.41) is 0. The van der Waals surface area contributed by atoms with Crippen molar-refractivity contribution in [2.75, 3.05) is 6.61 Å². The van der Waals surface area contributed by atoms with Gasteiger partial charge in [-0.3, -0.25) is 0 Å². The summed E-state index contributed by atoms with van der Waals surface area (Å²) >= 11 is 0. The lowest BCUT2D eigenvalue weighted by atomic mass is 9.82. The van der Waals surface area contributed by atoms with Crippen LogP contribution in [0.15, 0.2) is 24.3 Å². The molecule has 174 valence electrons. The monoisotopic (exact) mass is 448 g/mol. The Balaban J connectivity index is 1.48. The average molecular weight is 449 g/mol. The molecule has 0 bridgehead atoms. The smallest absolute Gasteiger partial charge is 0.200 e. The Bertz CT molecular complexity index is 957. The minimum atomic E-state index is -0.914. The number of fused-ring (bicyclic) bond motifs is 1. The molecule has 0 radical (unpaired) electrons. The van der Waals surface area contributed by atoms with Gasteiger partial charge < -0.3 is 4.74 Å². The Morgan fingerprint density at radius 3 is 1.94 bits per heavy atom. The van der Waals surface area contributed by atoms with Gasteiger partial charge in [-0.15, -0.1) is 0 Å². The maximum absolute atomic E-state index is 15.0. The van der Waals surface area contributed by atoms with Crippen LogP contribution in [0.5, 0.6) is 5.75 Å². The summed E-state index contributed by atoms with van der Waals surface area (Å²) in [6.45, 7) is 4.05. The van der Waals surface area contributed by atoms with Crippen molar-refractivity contribution >= 4 is 0 Å². The Hall–Kier alpha value is -2.04. The minimum Gasteiger partial charge on any atom is -0.490 e. The highest BCUT2D eigenvalue weighted by atomic mass is 19.2.